The highest BCUT2D eigenvalue weighted by molar-refractivity contribution is 4.96. The van der Waals surface area contributed by atoms with Crippen LogP contribution in [0, 0.1) is 11.3 Å². The fraction of sp³-hybridized carbons (Fsp3) is 1.00. The Morgan fingerprint density at radius 1 is 1.14 bits per heavy atom. The lowest BCUT2D eigenvalue weighted by atomic mass is 9.67. The molecular formula is C19H38N2. The standard InChI is InChI=1S/C19H38N2/c1-6-13-20-18-16(9-8-12-19(18,4)5)14-21-15(3)10-11-17(21)7-2/h15-18,20H,6-14H2,1-5H3. The maximum atomic E-state index is 3.91. The van der Waals surface area contributed by atoms with E-state index >= 15 is 0 Å². The molecular weight excluding hydrogens is 256 g/mol. The van der Waals surface area contributed by atoms with Crippen molar-refractivity contribution in [1.82, 2.24) is 10.2 Å². The zero-order valence-electron chi connectivity index (χ0n) is 15.1. The molecule has 0 aromatic heterocycles. The summed E-state index contributed by atoms with van der Waals surface area (Å²) >= 11 is 0. The summed E-state index contributed by atoms with van der Waals surface area (Å²) < 4.78 is 0. The summed E-state index contributed by atoms with van der Waals surface area (Å²) in [5.74, 6) is 0.842. The predicted octanol–water partition coefficient (Wildman–Crippen LogP) is 4.44. The van der Waals surface area contributed by atoms with Crippen LogP contribution in [0.4, 0.5) is 0 Å². The van der Waals surface area contributed by atoms with E-state index in [1.807, 2.05) is 0 Å². The molecule has 1 aliphatic carbocycles. The molecule has 0 bridgehead atoms. The fourth-order valence-electron chi connectivity index (χ4n) is 4.88. The van der Waals surface area contributed by atoms with Crippen molar-refractivity contribution in [3.8, 4) is 0 Å². The highest BCUT2D eigenvalue weighted by Gasteiger charge is 2.41. The molecule has 124 valence electrons. The number of nitrogens with one attached hydrogen (secondary N) is 1. The zero-order valence-corrected chi connectivity index (χ0v) is 15.1. The Bertz CT molecular complexity index is 313. The van der Waals surface area contributed by atoms with Crippen molar-refractivity contribution in [2.75, 3.05) is 13.1 Å². The molecule has 1 saturated heterocycles. The second-order valence-electron chi connectivity index (χ2n) is 8.26. The molecule has 0 amide bonds. The van der Waals surface area contributed by atoms with Gasteiger partial charge in [-0.3, -0.25) is 4.90 Å². The van der Waals surface area contributed by atoms with Crippen LogP contribution in [0.5, 0.6) is 0 Å². The molecule has 0 aromatic rings. The normalized spacial score (nSPS) is 37.0. The Labute approximate surface area is 133 Å². The SMILES string of the molecule is CCCNC1C(CN2C(C)CCC2CC)CCCC1(C)C. The van der Waals surface area contributed by atoms with Crippen LogP contribution >= 0.6 is 0 Å². The highest BCUT2D eigenvalue weighted by Crippen LogP contribution is 2.40. The number of rotatable bonds is 6. The lowest BCUT2D eigenvalue weighted by Crippen LogP contribution is -2.54. The maximum Gasteiger partial charge on any atom is 0.0159 e. The van der Waals surface area contributed by atoms with Crippen LogP contribution in [0.3, 0.4) is 0 Å². The van der Waals surface area contributed by atoms with Crippen molar-refractivity contribution in [2.45, 2.75) is 97.7 Å². The average Bonchev–Trinajstić information content (AvgIpc) is 2.78. The van der Waals surface area contributed by atoms with E-state index < -0.39 is 0 Å². The van der Waals surface area contributed by atoms with Crippen LogP contribution in [0.15, 0.2) is 0 Å². The van der Waals surface area contributed by atoms with E-state index in [9.17, 15) is 0 Å². The molecule has 0 spiro atoms. The molecule has 2 heteroatoms. The van der Waals surface area contributed by atoms with Crippen LogP contribution in [-0.4, -0.2) is 36.1 Å². The van der Waals surface area contributed by atoms with Crippen molar-refractivity contribution < 1.29 is 0 Å². The molecule has 21 heavy (non-hydrogen) atoms. The third-order valence-corrected chi connectivity index (χ3v) is 6.19. The van der Waals surface area contributed by atoms with Gasteiger partial charge in [-0.1, -0.05) is 34.1 Å². The second-order valence-corrected chi connectivity index (χ2v) is 8.26. The van der Waals surface area contributed by atoms with Crippen LogP contribution in [0.1, 0.15) is 79.6 Å². The van der Waals surface area contributed by atoms with E-state index in [0.717, 1.165) is 18.0 Å². The quantitative estimate of drug-likeness (QED) is 0.779. The molecule has 1 aliphatic heterocycles. The van der Waals surface area contributed by atoms with Crippen LogP contribution in [0.25, 0.3) is 0 Å². The third-order valence-electron chi connectivity index (χ3n) is 6.19. The Hall–Kier alpha value is -0.0800. The van der Waals surface area contributed by atoms with E-state index in [1.54, 1.807) is 0 Å². The number of nitrogens with zero attached hydrogens (tertiary/aromatic N) is 1. The van der Waals surface area contributed by atoms with Crippen LogP contribution in [-0.2, 0) is 0 Å². The van der Waals surface area contributed by atoms with E-state index in [1.165, 1.54) is 58.0 Å². The van der Waals surface area contributed by atoms with Gasteiger partial charge in [-0.15, -0.1) is 0 Å². The molecule has 2 rings (SSSR count). The van der Waals surface area contributed by atoms with E-state index in [2.05, 4.69) is 44.8 Å². The molecule has 2 nitrogen and oxygen atoms in total. The lowest BCUT2D eigenvalue weighted by molar-refractivity contribution is 0.0638. The summed E-state index contributed by atoms with van der Waals surface area (Å²) in [4.78, 5) is 2.84. The fourth-order valence-corrected chi connectivity index (χ4v) is 4.88. The molecule has 2 fully saturated rings. The summed E-state index contributed by atoms with van der Waals surface area (Å²) in [5, 5.41) is 3.91. The Balaban J connectivity index is 2.04. The van der Waals surface area contributed by atoms with E-state index in [-0.39, 0.29) is 0 Å². The molecule has 0 radical (unpaired) electrons. The van der Waals surface area contributed by atoms with Crippen LogP contribution in [0.2, 0.25) is 0 Å². The van der Waals surface area contributed by atoms with E-state index in [4.69, 9.17) is 0 Å². The smallest absolute Gasteiger partial charge is 0.0159 e. The van der Waals surface area contributed by atoms with Gasteiger partial charge in [0.25, 0.3) is 0 Å². The first-order valence-corrected chi connectivity index (χ1v) is 9.48. The van der Waals surface area contributed by atoms with Crippen molar-refractivity contribution in [1.29, 1.82) is 0 Å². The summed E-state index contributed by atoms with van der Waals surface area (Å²) in [5.41, 5.74) is 0.461. The van der Waals surface area contributed by atoms with Gasteiger partial charge in [-0.05, 0) is 63.3 Å². The van der Waals surface area contributed by atoms with Gasteiger partial charge >= 0.3 is 0 Å². The minimum Gasteiger partial charge on any atom is -0.313 e. The first kappa shape index (κ1) is 17.3. The van der Waals surface area contributed by atoms with Crippen molar-refractivity contribution in [3.05, 3.63) is 0 Å². The molecule has 1 heterocycles. The Morgan fingerprint density at radius 3 is 2.57 bits per heavy atom. The topological polar surface area (TPSA) is 15.3 Å². The highest BCUT2D eigenvalue weighted by atomic mass is 15.2. The van der Waals surface area contributed by atoms with Gasteiger partial charge in [0.05, 0.1) is 0 Å². The van der Waals surface area contributed by atoms with Gasteiger partial charge in [-0.25, -0.2) is 0 Å². The second kappa shape index (κ2) is 7.46. The first-order chi connectivity index (χ1) is 9.99. The average molecular weight is 295 g/mol. The lowest BCUT2D eigenvalue weighted by Gasteiger charge is -2.47. The summed E-state index contributed by atoms with van der Waals surface area (Å²) in [6.45, 7) is 14.6. The van der Waals surface area contributed by atoms with Crippen LogP contribution < -0.4 is 5.32 Å². The number of hydrogen-bond acceptors (Lipinski definition) is 2. The van der Waals surface area contributed by atoms with Crippen molar-refractivity contribution >= 4 is 0 Å². The first-order valence-electron chi connectivity index (χ1n) is 9.48. The van der Waals surface area contributed by atoms with Gasteiger partial charge in [0.15, 0.2) is 0 Å². The molecule has 4 unspecified atom stereocenters. The number of likely N-dealkylation sites (tertiary alicyclic amines) is 1. The summed E-state index contributed by atoms with van der Waals surface area (Å²) in [7, 11) is 0. The van der Waals surface area contributed by atoms with Gasteiger partial charge < -0.3 is 5.32 Å². The third kappa shape index (κ3) is 4.01. The van der Waals surface area contributed by atoms with Gasteiger partial charge in [0, 0.05) is 24.7 Å². The van der Waals surface area contributed by atoms with Gasteiger partial charge in [0.1, 0.15) is 0 Å². The van der Waals surface area contributed by atoms with Gasteiger partial charge in [-0.2, -0.15) is 0 Å². The summed E-state index contributed by atoms with van der Waals surface area (Å²) in [6.07, 6.45) is 9.62. The largest absolute Gasteiger partial charge is 0.313 e. The van der Waals surface area contributed by atoms with E-state index in [0.29, 0.717) is 11.5 Å². The molecule has 1 saturated carbocycles. The maximum absolute atomic E-state index is 3.91. The zero-order chi connectivity index (χ0) is 15.5. The minimum absolute atomic E-state index is 0.461. The Kier molecular flexibility index (Phi) is 6.14. The summed E-state index contributed by atoms with van der Waals surface area (Å²) in [6, 6.07) is 2.35. The van der Waals surface area contributed by atoms with Crippen molar-refractivity contribution in [2.24, 2.45) is 11.3 Å². The molecule has 0 aromatic carbocycles. The Morgan fingerprint density at radius 2 is 1.90 bits per heavy atom. The molecule has 1 N–H and O–H groups in total. The number of hydrogen-bond donors (Lipinski definition) is 1. The molecule has 2 aliphatic rings. The molecule has 4 atom stereocenters. The van der Waals surface area contributed by atoms with Crippen molar-refractivity contribution in [3.63, 3.8) is 0 Å². The monoisotopic (exact) mass is 294 g/mol. The predicted molar refractivity (Wildman–Crippen MR) is 92.7 cm³/mol. The van der Waals surface area contributed by atoms with Gasteiger partial charge in [0.2, 0.25) is 0 Å². The minimum atomic E-state index is 0.461.